The molecule has 0 atom stereocenters. The summed E-state index contributed by atoms with van der Waals surface area (Å²) < 4.78 is -1.58. The molecule has 14 heavy (non-hydrogen) atoms. The van der Waals surface area contributed by atoms with Crippen molar-refractivity contribution in [3.63, 3.8) is 0 Å². The van der Waals surface area contributed by atoms with E-state index >= 15 is 0 Å². The number of hydrogen-bond donors (Lipinski definition) is 0. The van der Waals surface area contributed by atoms with Crippen molar-refractivity contribution >= 4 is 69.6 Å². The second-order valence-electron chi connectivity index (χ2n) is 2.53. The number of alkyl halides is 5. The second-order valence-corrected chi connectivity index (χ2v) is 6.34. The topological polar surface area (TPSA) is 0 Å². The van der Waals surface area contributed by atoms with Crippen LogP contribution in [0.15, 0.2) is 18.2 Å². The summed E-state index contributed by atoms with van der Waals surface area (Å²) >= 11 is 34.4. The van der Waals surface area contributed by atoms with Crippen LogP contribution in [-0.2, 0) is 3.79 Å². The van der Waals surface area contributed by atoms with E-state index < -0.39 is 8.63 Å². The Hall–Kier alpha value is 0.960. The zero-order chi connectivity index (χ0) is 10.9. The van der Waals surface area contributed by atoms with Crippen LogP contribution >= 0.6 is 69.6 Å². The van der Waals surface area contributed by atoms with Gasteiger partial charge < -0.3 is 0 Å². The van der Waals surface area contributed by atoms with Crippen LogP contribution < -0.4 is 0 Å². The van der Waals surface area contributed by atoms with E-state index in [1.807, 2.05) is 0 Å². The molecule has 1 aromatic rings. The first-order valence-corrected chi connectivity index (χ1v) is 5.85. The molecule has 1 rings (SSSR count). The van der Waals surface area contributed by atoms with E-state index in [1.54, 1.807) is 12.1 Å². The summed E-state index contributed by atoms with van der Waals surface area (Å²) in [6.07, 6.45) is 0. The predicted molar refractivity (Wildman–Crippen MR) is 65.1 cm³/mol. The van der Waals surface area contributed by atoms with Gasteiger partial charge in [0.15, 0.2) is 0 Å². The quantitative estimate of drug-likeness (QED) is 0.588. The number of halogens is 6. The average molecular weight is 313 g/mol. The number of rotatable bonds is 1. The van der Waals surface area contributed by atoms with Crippen LogP contribution in [0.25, 0.3) is 0 Å². The fourth-order valence-corrected chi connectivity index (χ4v) is 2.01. The van der Waals surface area contributed by atoms with Gasteiger partial charge in [-0.1, -0.05) is 52.5 Å². The highest BCUT2D eigenvalue weighted by molar-refractivity contribution is 6.67. The third-order valence-electron chi connectivity index (χ3n) is 1.56. The molecule has 0 radical (unpaired) electrons. The lowest BCUT2D eigenvalue weighted by Crippen LogP contribution is -2.05. The maximum Gasteiger partial charge on any atom is 0.216 e. The van der Waals surface area contributed by atoms with Gasteiger partial charge in [0.25, 0.3) is 0 Å². The third kappa shape index (κ3) is 3.23. The molecule has 0 unspecified atom stereocenters. The monoisotopic (exact) mass is 310 g/mol. The van der Waals surface area contributed by atoms with Gasteiger partial charge >= 0.3 is 0 Å². The molecule has 0 aromatic heterocycles. The minimum absolute atomic E-state index is 0.394. The van der Waals surface area contributed by atoms with Crippen molar-refractivity contribution in [3.05, 3.63) is 34.3 Å². The minimum Gasteiger partial charge on any atom is -0.100 e. The van der Waals surface area contributed by atoms with Crippen LogP contribution in [0, 0.1) is 0 Å². The van der Waals surface area contributed by atoms with Crippen molar-refractivity contribution in [2.24, 2.45) is 0 Å². The first kappa shape index (κ1) is 13.0. The van der Waals surface area contributed by atoms with Crippen LogP contribution in [0.3, 0.4) is 0 Å². The lowest BCUT2D eigenvalue weighted by atomic mass is 10.1. The summed E-state index contributed by atoms with van der Waals surface area (Å²) in [5.41, 5.74) is 0.933. The van der Waals surface area contributed by atoms with Crippen molar-refractivity contribution in [1.82, 2.24) is 0 Å². The first-order valence-electron chi connectivity index (χ1n) is 3.47. The lowest BCUT2D eigenvalue weighted by Gasteiger charge is -2.17. The van der Waals surface area contributed by atoms with Crippen molar-refractivity contribution in [3.8, 4) is 0 Å². The minimum atomic E-state index is -1.58. The van der Waals surface area contributed by atoms with Gasteiger partial charge in [-0.2, -0.15) is 0 Å². The van der Waals surface area contributed by atoms with Crippen molar-refractivity contribution in [1.29, 1.82) is 0 Å². The van der Waals surface area contributed by atoms with Crippen LogP contribution in [0.4, 0.5) is 0 Å². The Morgan fingerprint density at radius 3 is 2.07 bits per heavy atom. The Morgan fingerprint density at radius 2 is 1.64 bits per heavy atom. The third-order valence-corrected chi connectivity index (χ3v) is 2.87. The summed E-state index contributed by atoms with van der Waals surface area (Å²) in [6, 6.07) is 4.79. The molecule has 0 N–H and O–H groups in total. The molecule has 0 amide bonds. The van der Waals surface area contributed by atoms with Crippen LogP contribution in [0.5, 0.6) is 0 Å². The van der Waals surface area contributed by atoms with Gasteiger partial charge in [0, 0.05) is 10.6 Å². The Kier molecular flexibility index (Phi) is 4.52. The summed E-state index contributed by atoms with van der Waals surface area (Å²) in [5, 5.41) is 0.462. The second kappa shape index (κ2) is 4.86. The molecule has 1 aromatic carbocycles. The van der Waals surface area contributed by atoms with Gasteiger partial charge in [0.1, 0.15) is 4.84 Å². The highest BCUT2D eigenvalue weighted by Gasteiger charge is 2.28. The zero-order valence-corrected chi connectivity index (χ0v) is 11.1. The SMILES string of the molecule is Clc1ccc(C(Cl)Cl)c(C(Cl)(Cl)Cl)c1. The Balaban J connectivity index is 3.30. The molecule has 0 saturated heterocycles. The molecule has 0 nitrogen and oxygen atoms in total. The molecule has 0 bridgehead atoms. The van der Waals surface area contributed by atoms with Gasteiger partial charge in [-0.05, 0) is 17.7 Å². The van der Waals surface area contributed by atoms with E-state index in [2.05, 4.69) is 0 Å². The fourth-order valence-electron chi connectivity index (χ4n) is 0.964. The van der Waals surface area contributed by atoms with E-state index in [0.717, 1.165) is 0 Å². The molecular weight excluding hydrogens is 309 g/mol. The summed E-state index contributed by atoms with van der Waals surface area (Å²) in [4.78, 5) is -0.752. The Labute approximate surface area is 112 Å². The average Bonchev–Trinajstić information content (AvgIpc) is 2.01. The van der Waals surface area contributed by atoms with Crippen LogP contribution in [-0.4, -0.2) is 0 Å². The molecule has 0 aliphatic carbocycles. The summed E-state index contributed by atoms with van der Waals surface area (Å²) in [5.74, 6) is 0. The molecule has 78 valence electrons. The molecular formula is C8H4Cl6. The van der Waals surface area contributed by atoms with E-state index in [-0.39, 0.29) is 0 Å². The Morgan fingerprint density at radius 1 is 1.07 bits per heavy atom. The van der Waals surface area contributed by atoms with Gasteiger partial charge in [0.05, 0.1) is 0 Å². The molecule has 0 fully saturated rings. The maximum absolute atomic E-state index is 5.77. The van der Waals surface area contributed by atoms with Gasteiger partial charge in [-0.25, -0.2) is 0 Å². The molecule has 0 aliphatic rings. The van der Waals surface area contributed by atoms with Crippen LogP contribution in [0.2, 0.25) is 5.02 Å². The first-order chi connectivity index (χ1) is 6.32. The standard InChI is InChI=1S/C8H4Cl6/c9-4-1-2-5(7(10)11)6(3-4)8(12,13)14/h1-3,7H. The number of benzene rings is 1. The molecule has 0 saturated carbocycles. The van der Waals surface area contributed by atoms with E-state index in [9.17, 15) is 0 Å². The summed E-state index contributed by atoms with van der Waals surface area (Å²) in [6.45, 7) is 0. The molecule has 6 heteroatoms. The zero-order valence-electron chi connectivity index (χ0n) is 6.58. The van der Waals surface area contributed by atoms with Gasteiger partial charge in [0.2, 0.25) is 3.79 Å². The van der Waals surface area contributed by atoms with Gasteiger partial charge in [-0.15, -0.1) is 23.2 Å². The smallest absolute Gasteiger partial charge is 0.100 e. The van der Waals surface area contributed by atoms with Crippen LogP contribution in [0.1, 0.15) is 16.0 Å². The molecule has 0 heterocycles. The number of hydrogen-bond acceptors (Lipinski definition) is 0. The van der Waals surface area contributed by atoms with Gasteiger partial charge in [-0.3, -0.25) is 0 Å². The molecule has 0 aliphatic heterocycles. The van der Waals surface area contributed by atoms with E-state index in [0.29, 0.717) is 16.1 Å². The largest absolute Gasteiger partial charge is 0.216 e. The van der Waals surface area contributed by atoms with E-state index in [4.69, 9.17) is 69.6 Å². The maximum atomic E-state index is 5.77. The predicted octanol–water partition coefficient (Wildman–Crippen LogP) is 5.64. The van der Waals surface area contributed by atoms with Crippen molar-refractivity contribution in [2.75, 3.05) is 0 Å². The van der Waals surface area contributed by atoms with E-state index in [1.165, 1.54) is 6.07 Å². The lowest BCUT2D eigenvalue weighted by molar-refractivity contribution is 1.16. The highest BCUT2D eigenvalue weighted by atomic mass is 35.6. The van der Waals surface area contributed by atoms with Crippen molar-refractivity contribution < 1.29 is 0 Å². The normalized spacial score (nSPS) is 12.2. The molecule has 0 spiro atoms. The highest BCUT2D eigenvalue weighted by Crippen LogP contribution is 2.44. The van der Waals surface area contributed by atoms with Crippen molar-refractivity contribution in [2.45, 2.75) is 8.63 Å². The Bertz CT molecular complexity index is 327. The summed E-state index contributed by atoms with van der Waals surface area (Å²) in [7, 11) is 0. The fraction of sp³-hybridized carbons (Fsp3) is 0.250.